The zero-order valence-electron chi connectivity index (χ0n) is 11.7. The van der Waals surface area contributed by atoms with E-state index in [2.05, 4.69) is 0 Å². The normalized spacial score (nSPS) is 12.8. The van der Waals surface area contributed by atoms with Crippen LogP contribution in [0.25, 0.3) is 0 Å². The molecule has 0 spiro atoms. The predicted octanol–water partition coefficient (Wildman–Crippen LogP) is 1.66. The molecule has 0 aromatic heterocycles. The maximum atomic E-state index is 13.7. The molecule has 1 rings (SSSR count). The van der Waals surface area contributed by atoms with Crippen LogP contribution in [0.5, 0.6) is 0 Å². The summed E-state index contributed by atoms with van der Waals surface area (Å²) in [5.41, 5.74) is -0.600. The van der Waals surface area contributed by atoms with Crippen LogP contribution in [0.1, 0.15) is 26.2 Å². The molecule has 0 saturated carbocycles. The lowest BCUT2D eigenvalue weighted by molar-refractivity contribution is -0.385. The summed E-state index contributed by atoms with van der Waals surface area (Å²) in [5, 5.41) is 19.5. The van der Waals surface area contributed by atoms with E-state index in [1.54, 1.807) is 0 Å². The smallest absolute Gasteiger partial charge is 0.321 e. The Labute approximate surface area is 126 Å². The van der Waals surface area contributed by atoms with Crippen molar-refractivity contribution in [1.29, 1.82) is 0 Å². The number of aliphatic carboxylic acids is 1. The van der Waals surface area contributed by atoms with Crippen molar-refractivity contribution >= 4 is 21.7 Å². The number of nitro groups is 1. The fourth-order valence-electron chi connectivity index (χ4n) is 1.71. The first-order chi connectivity index (χ1) is 10.2. The molecule has 0 saturated heterocycles. The number of hydrogen-bond acceptors (Lipinski definition) is 5. The minimum Gasteiger partial charge on any atom is -0.480 e. The van der Waals surface area contributed by atoms with Gasteiger partial charge in [0.25, 0.3) is 5.69 Å². The van der Waals surface area contributed by atoms with Gasteiger partial charge in [-0.05, 0) is 12.5 Å². The quantitative estimate of drug-likeness (QED) is 0.550. The third-order valence-electron chi connectivity index (χ3n) is 2.86. The fourth-order valence-corrected chi connectivity index (χ4v) is 3.00. The molecule has 0 aliphatic rings. The van der Waals surface area contributed by atoms with Crippen LogP contribution in [-0.4, -0.2) is 30.5 Å². The van der Waals surface area contributed by atoms with Gasteiger partial charge in [-0.3, -0.25) is 14.9 Å². The molecule has 1 atom stereocenters. The van der Waals surface area contributed by atoms with E-state index in [4.69, 9.17) is 5.11 Å². The molecule has 0 amide bonds. The Bertz CT molecular complexity index is 676. The van der Waals surface area contributed by atoms with Gasteiger partial charge in [-0.1, -0.05) is 19.8 Å². The molecule has 1 aromatic carbocycles. The number of halogens is 1. The second-order valence-electron chi connectivity index (χ2n) is 4.53. The molecular weight excluding hydrogens is 319 g/mol. The molecule has 0 heterocycles. The Morgan fingerprint density at radius 2 is 2.14 bits per heavy atom. The number of rotatable bonds is 8. The SMILES string of the molecule is CCCC[C@H](NS(=O)(=O)c1ccc([N+](=O)[O-])cc1F)C(=O)O. The molecule has 10 heteroatoms. The van der Waals surface area contributed by atoms with Gasteiger partial charge in [-0.2, -0.15) is 4.72 Å². The average molecular weight is 334 g/mol. The highest BCUT2D eigenvalue weighted by Gasteiger charge is 2.28. The van der Waals surface area contributed by atoms with Crippen LogP contribution in [0, 0.1) is 15.9 Å². The maximum Gasteiger partial charge on any atom is 0.321 e. The average Bonchev–Trinajstić information content (AvgIpc) is 2.42. The second-order valence-corrected chi connectivity index (χ2v) is 6.21. The molecule has 0 aliphatic carbocycles. The van der Waals surface area contributed by atoms with Gasteiger partial charge in [-0.25, -0.2) is 12.8 Å². The van der Waals surface area contributed by atoms with Gasteiger partial charge in [0.15, 0.2) is 0 Å². The number of nitrogens with zero attached hydrogens (tertiary/aromatic N) is 1. The summed E-state index contributed by atoms with van der Waals surface area (Å²) in [7, 11) is -4.44. The van der Waals surface area contributed by atoms with Crippen LogP contribution in [0.3, 0.4) is 0 Å². The van der Waals surface area contributed by atoms with E-state index in [0.717, 1.165) is 12.1 Å². The molecule has 0 aliphatic heterocycles. The Kier molecular flexibility index (Phi) is 5.94. The van der Waals surface area contributed by atoms with Gasteiger partial charge in [0.05, 0.1) is 11.0 Å². The summed E-state index contributed by atoms with van der Waals surface area (Å²) in [6, 6.07) is 0.643. The van der Waals surface area contributed by atoms with Crippen LogP contribution in [0.15, 0.2) is 23.1 Å². The molecular formula is C12H15FN2O6S. The van der Waals surface area contributed by atoms with Crippen LogP contribution >= 0.6 is 0 Å². The summed E-state index contributed by atoms with van der Waals surface area (Å²) in [6.45, 7) is 1.81. The number of carbonyl (C=O) groups is 1. The summed E-state index contributed by atoms with van der Waals surface area (Å²) in [4.78, 5) is 19.8. The Balaban J connectivity index is 3.07. The largest absolute Gasteiger partial charge is 0.480 e. The first-order valence-electron chi connectivity index (χ1n) is 6.38. The molecule has 0 fully saturated rings. The minimum atomic E-state index is -4.44. The van der Waals surface area contributed by atoms with Crippen LogP contribution < -0.4 is 4.72 Å². The van der Waals surface area contributed by atoms with Crippen molar-refractivity contribution in [3.05, 3.63) is 34.1 Å². The molecule has 22 heavy (non-hydrogen) atoms. The number of carboxylic acids is 1. The number of hydrogen-bond donors (Lipinski definition) is 2. The van der Waals surface area contributed by atoms with E-state index < -0.39 is 43.4 Å². The fraction of sp³-hybridized carbons (Fsp3) is 0.417. The van der Waals surface area contributed by atoms with Gasteiger partial charge >= 0.3 is 5.97 Å². The van der Waals surface area contributed by atoms with Gasteiger partial charge in [-0.15, -0.1) is 0 Å². The summed E-state index contributed by atoms with van der Waals surface area (Å²) in [6.07, 6.45) is 1.19. The predicted molar refractivity (Wildman–Crippen MR) is 74.3 cm³/mol. The standard InChI is InChI=1S/C12H15FN2O6S/c1-2-3-4-10(12(16)17)14-22(20,21)11-6-5-8(15(18)19)7-9(11)13/h5-7,10,14H,2-4H2,1H3,(H,16,17)/t10-/m0/s1. The van der Waals surface area contributed by atoms with E-state index in [1.165, 1.54) is 0 Å². The molecule has 8 nitrogen and oxygen atoms in total. The van der Waals surface area contributed by atoms with Crippen molar-refractivity contribution in [1.82, 2.24) is 4.72 Å². The lowest BCUT2D eigenvalue weighted by Crippen LogP contribution is -2.40. The topological polar surface area (TPSA) is 127 Å². The molecule has 2 N–H and O–H groups in total. The van der Waals surface area contributed by atoms with E-state index in [9.17, 15) is 27.7 Å². The van der Waals surface area contributed by atoms with Crippen LogP contribution in [0.2, 0.25) is 0 Å². The van der Waals surface area contributed by atoms with Gasteiger partial charge in [0.1, 0.15) is 16.8 Å². The zero-order chi connectivity index (χ0) is 16.9. The van der Waals surface area contributed by atoms with Crippen molar-refractivity contribution in [3.8, 4) is 0 Å². The first kappa shape index (κ1) is 18.0. The minimum absolute atomic E-state index is 0.0552. The highest BCUT2D eigenvalue weighted by atomic mass is 32.2. The number of carboxylic acid groups (broad SMARTS) is 1. The monoisotopic (exact) mass is 334 g/mol. The maximum absolute atomic E-state index is 13.7. The lowest BCUT2D eigenvalue weighted by atomic mass is 10.1. The van der Waals surface area contributed by atoms with Crippen molar-refractivity contribution in [2.75, 3.05) is 0 Å². The van der Waals surface area contributed by atoms with Gasteiger partial charge < -0.3 is 5.11 Å². The molecule has 122 valence electrons. The Morgan fingerprint density at radius 1 is 1.50 bits per heavy atom. The zero-order valence-corrected chi connectivity index (χ0v) is 12.5. The Morgan fingerprint density at radius 3 is 2.59 bits per heavy atom. The molecule has 1 aromatic rings. The van der Waals surface area contributed by atoms with Crippen molar-refractivity contribution in [2.45, 2.75) is 37.1 Å². The van der Waals surface area contributed by atoms with Crippen molar-refractivity contribution in [2.24, 2.45) is 0 Å². The third-order valence-corrected chi connectivity index (χ3v) is 4.36. The first-order valence-corrected chi connectivity index (χ1v) is 7.86. The highest BCUT2D eigenvalue weighted by molar-refractivity contribution is 7.89. The van der Waals surface area contributed by atoms with Gasteiger partial charge in [0, 0.05) is 6.07 Å². The second kappa shape index (κ2) is 7.27. The van der Waals surface area contributed by atoms with Gasteiger partial charge in [0.2, 0.25) is 10.0 Å². The number of unbranched alkanes of at least 4 members (excludes halogenated alkanes) is 1. The summed E-state index contributed by atoms with van der Waals surface area (Å²) >= 11 is 0. The number of sulfonamides is 1. The van der Waals surface area contributed by atoms with E-state index in [1.807, 2.05) is 11.6 Å². The number of benzene rings is 1. The number of nitro benzene ring substituents is 1. The van der Waals surface area contributed by atoms with E-state index in [0.29, 0.717) is 18.9 Å². The van der Waals surface area contributed by atoms with E-state index in [-0.39, 0.29) is 6.42 Å². The van der Waals surface area contributed by atoms with Crippen LogP contribution in [0.4, 0.5) is 10.1 Å². The molecule has 0 radical (unpaired) electrons. The van der Waals surface area contributed by atoms with E-state index >= 15 is 0 Å². The van der Waals surface area contributed by atoms with Crippen molar-refractivity contribution in [3.63, 3.8) is 0 Å². The molecule has 0 unspecified atom stereocenters. The molecule has 0 bridgehead atoms. The third kappa shape index (κ3) is 4.46. The summed E-state index contributed by atoms with van der Waals surface area (Å²) < 4.78 is 39.7. The number of non-ortho nitro benzene ring substituents is 1. The summed E-state index contributed by atoms with van der Waals surface area (Å²) in [5.74, 6) is -2.69. The highest BCUT2D eigenvalue weighted by Crippen LogP contribution is 2.21. The lowest BCUT2D eigenvalue weighted by Gasteiger charge is -2.14. The van der Waals surface area contributed by atoms with Crippen LogP contribution in [-0.2, 0) is 14.8 Å². The van der Waals surface area contributed by atoms with Crippen molar-refractivity contribution < 1.29 is 27.6 Å². The number of nitrogens with one attached hydrogen (secondary N) is 1. The Hall–Kier alpha value is -2.07.